The van der Waals surface area contributed by atoms with Gasteiger partial charge in [0, 0.05) is 37.4 Å². The van der Waals surface area contributed by atoms with E-state index in [0.29, 0.717) is 18.0 Å². The maximum absolute atomic E-state index is 11.8. The zero-order chi connectivity index (χ0) is 12.1. The van der Waals surface area contributed by atoms with Crippen molar-refractivity contribution in [2.24, 2.45) is 5.92 Å². The fourth-order valence-corrected chi connectivity index (χ4v) is 1.87. The smallest absolute Gasteiger partial charge is 0.251 e. The van der Waals surface area contributed by atoms with Gasteiger partial charge in [0.25, 0.3) is 5.91 Å². The Morgan fingerprint density at radius 2 is 2.18 bits per heavy atom. The number of hydrogen-bond donors (Lipinski definition) is 2. The second-order valence-corrected chi connectivity index (χ2v) is 4.27. The summed E-state index contributed by atoms with van der Waals surface area (Å²) in [6.07, 6.45) is 1.04. The predicted octanol–water partition coefficient (Wildman–Crippen LogP) is 1.49. The number of nitrogens with one attached hydrogen (secondary N) is 2. The van der Waals surface area contributed by atoms with E-state index in [9.17, 15) is 4.79 Å². The highest BCUT2D eigenvalue weighted by Crippen LogP contribution is 2.12. The summed E-state index contributed by atoms with van der Waals surface area (Å²) in [5.41, 5.74) is 1.70. The van der Waals surface area contributed by atoms with Gasteiger partial charge in [-0.05, 0) is 30.7 Å². The van der Waals surface area contributed by atoms with Crippen LogP contribution in [0, 0.1) is 5.92 Å². The lowest BCUT2D eigenvalue weighted by molar-refractivity contribution is 0.0945. The van der Waals surface area contributed by atoms with E-state index in [4.69, 9.17) is 4.74 Å². The van der Waals surface area contributed by atoms with E-state index in [1.54, 1.807) is 0 Å². The summed E-state index contributed by atoms with van der Waals surface area (Å²) in [7, 11) is 1.86. The van der Waals surface area contributed by atoms with Crippen LogP contribution in [0.4, 0.5) is 5.69 Å². The number of carbonyl (C=O) groups excluding carboxylic acids is 1. The average Bonchev–Trinajstić information content (AvgIpc) is 2.89. The normalized spacial score (nSPS) is 19.0. The van der Waals surface area contributed by atoms with Crippen molar-refractivity contribution in [2.45, 2.75) is 6.42 Å². The first kappa shape index (κ1) is 11.9. The van der Waals surface area contributed by atoms with Gasteiger partial charge in [0.1, 0.15) is 0 Å². The Bertz CT molecular complexity index is 370. The molecule has 0 aliphatic carbocycles. The van der Waals surface area contributed by atoms with E-state index < -0.39 is 0 Å². The second-order valence-electron chi connectivity index (χ2n) is 4.27. The van der Waals surface area contributed by atoms with E-state index in [2.05, 4.69) is 10.6 Å². The summed E-state index contributed by atoms with van der Waals surface area (Å²) >= 11 is 0. The molecule has 1 aliphatic heterocycles. The van der Waals surface area contributed by atoms with Crippen LogP contribution in [-0.4, -0.2) is 32.7 Å². The molecule has 1 unspecified atom stereocenters. The third-order valence-electron chi connectivity index (χ3n) is 3.01. The first-order chi connectivity index (χ1) is 8.29. The van der Waals surface area contributed by atoms with E-state index in [1.165, 1.54) is 0 Å². The summed E-state index contributed by atoms with van der Waals surface area (Å²) in [6.45, 7) is 2.28. The first-order valence-electron chi connectivity index (χ1n) is 5.93. The molecule has 1 aliphatic rings. The zero-order valence-electron chi connectivity index (χ0n) is 10.0. The van der Waals surface area contributed by atoms with Crippen LogP contribution in [0.25, 0.3) is 0 Å². The highest BCUT2D eigenvalue weighted by atomic mass is 16.5. The third-order valence-corrected chi connectivity index (χ3v) is 3.01. The number of ether oxygens (including phenoxy) is 1. The SMILES string of the molecule is CNc1ccc(C(=O)NCC2CCOC2)cc1. The Labute approximate surface area is 101 Å². The van der Waals surface area contributed by atoms with Crippen molar-refractivity contribution in [3.8, 4) is 0 Å². The minimum atomic E-state index is -0.0143. The number of rotatable bonds is 4. The lowest BCUT2D eigenvalue weighted by atomic mass is 10.1. The first-order valence-corrected chi connectivity index (χ1v) is 5.93. The highest BCUT2D eigenvalue weighted by Gasteiger charge is 2.16. The molecule has 1 heterocycles. The van der Waals surface area contributed by atoms with Crippen LogP contribution in [-0.2, 0) is 4.74 Å². The molecule has 0 aromatic heterocycles. The van der Waals surface area contributed by atoms with Crippen molar-refractivity contribution in [3.63, 3.8) is 0 Å². The topological polar surface area (TPSA) is 50.4 Å². The predicted molar refractivity (Wildman–Crippen MR) is 67.2 cm³/mol. The Balaban J connectivity index is 1.85. The molecule has 4 nitrogen and oxygen atoms in total. The maximum atomic E-state index is 11.8. The standard InChI is InChI=1S/C13H18N2O2/c1-14-12-4-2-11(3-5-12)13(16)15-8-10-6-7-17-9-10/h2-5,10,14H,6-9H2,1H3,(H,15,16). The largest absolute Gasteiger partial charge is 0.388 e. The zero-order valence-corrected chi connectivity index (χ0v) is 10.0. The summed E-state index contributed by atoms with van der Waals surface area (Å²) in [5, 5.41) is 5.96. The summed E-state index contributed by atoms with van der Waals surface area (Å²) in [6, 6.07) is 7.44. The van der Waals surface area contributed by atoms with Gasteiger partial charge >= 0.3 is 0 Å². The van der Waals surface area contributed by atoms with Crippen molar-refractivity contribution in [3.05, 3.63) is 29.8 Å². The van der Waals surface area contributed by atoms with Crippen molar-refractivity contribution < 1.29 is 9.53 Å². The number of hydrogen-bond acceptors (Lipinski definition) is 3. The molecule has 17 heavy (non-hydrogen) atoms. The molecule has 2 rings (SSSR count). The molecule has 1 aromatic carbocycles. The minimum Gasteiger partial charge on any atom is -0.388 e. The van der Waals surface area contributed by atoms with E-state index in [1.807, 2.05) is 31.3 Å². The number of anilines is 1. The second kappa shape index (κ2) is 5.68. The van der Waals surface area contributed by atoms with Crippen LogP contribution in [0.5, 0.6) is 0 Å². The van der Waals surface area contributed by atoms with Gasteiger partial charge in [-0.1, -0.05) is 0 Å². The van der Waals surface area contributed by atoms with Crippen LogP contribution in [0.2, 0.25) is 0 Å². The molecule has 1 amide bonds. The molecule has 0 bridgehead atoms. The van der Waals surface area contributed by atoms with Crippen LogP contribution in [0.3, 0.4) is 0 Å². The molecule has 1 fully saturated rings. The average molecular weight is 234 g/mol. The van der Waals surface area contributed by atoms with E-state index in [0.717, 1.165) is 25.3 Å². The van der Waals surface area contributed by atoms with Gasteiger partial charge < -0.3 is 15.4 Å². The van der Waals surface area contributed by atoms with Crippen molar-refractivity contribution in [1.82, 2.24) is 5.32 Å². The van der Waals surface area contributed by atoms with Gasteiger partial charge in [-0.15, -0.1) is 0 Å². The summed E-state index contributed by atoms with van der Waals surface area (Å²) in [5.74, 6) is 0.454. The molecule has 0 spiro atoms. The molecule has 1 aromatic rings. The molecule has 92 valence electrons. The van der Waals surface area contributed by atoms with Crippen LogP contribution in [0.1, 0.15) is 16.8 Å². The number of amides is 1. The molecule has 1 saturated heterocycles. The Kier molecular flexibility index (Phi) is 3.98. The van der Waals surface area contributed by atoms with Crippen LogP contribution in [0.15, 0.2) is 24.3 Å². The molecular formula is C13H18N2O2. The Morgan fingerprint density at radius 1 is 1.41 bits per heavy atom. The minimum absolute atomic E-state index is 0.0143. The fraction of sp³-hybridized carbons (Fsp3) is 0.462. The van der Waals surface area contributed by atoms with Gasteiger partial charge in [-0.25, -0.2) is 0 Å². The van der Waals surface area contributed by atoms with Crippen molar-refractivity contribution >= 4 is 11.6 Å². The van der Waals surface area contributed by atoms with Gasteiger partial charge in [-0.2, -0.15) is 0 Å². The van der Waals surface area contributed by atoms with Gasteiger partial charge in [0.05, 0.1) is 6.61 Å². The molecule has 0 radical (unpaired) electrons. The summed E-state index contributed by atoms with van der Waals surface area (Å²) in [4.78, 5) is 11.8. The molecular weight excluding hydrogens is 216 g/mol. The highest BCUT2D eigenvalue weighted by molar-refractivity contribution is 5.94. The molecule has 1 atom stereocenters. The monoisotopic (exact) mass is 234 g/mol. The lowest BCUT2D eigenvalue weighted by Gasteiger charge is -2.09. The summed E-state index contributed by atoms with van der Waals surface area (Å²) < 4.78 is 5.27. The van der Waals surface area contributed by atoms with Crippen molar-refractivity contribution in [2.75, 3.05) is 32.1 Å². The molecule has 4 heteroatoms. The Hall–Kier alpha value is -1.55. The molecule has 0 saturated carbocycles. The molecule has 2 N–H and O–H groups in total. The van der Waals surface area contributed by atoms with Gasteiger partial charge in [0.15, 0.2) is 0 Å². The van der Waals surface area contributed by atoms with Gasteiger partial charge in [0.2, 0.25) is 0 Å². The van der Waals surface area contributed by atoms with E-state index in [-0.39, 0.29) is 5.91 Å². The Morgan fingerprint density at radius 3 is 2.76 bits per heavy atom. The van der Waals surface area contributed by atoms with Crippen LogP contribution < -0.4 is 10.6 Å². The number of carbonyl (C=O) groups is 1. The lowest BCUT2D eigenvalue weighted by Crippen LogP contribution is -2.29. The quantitative estimate of drug-likeness (QED) is 0.830. The van der Waals surface area contributed by atoms with Gasteiger partial charge in [-0.3, -0.25) is 4.79 Å². The van der Waals surface area contributed by atoms with E-state index >= 15 is 0 Å². The third kappa shape index (κ3) is 3.20. The van der Waals surface area contributed by atoms with Crippen LogP contribution >= 0.6 is 0 Å². The van der Waals surface area contributed by atoms with Crippen molar-refractivity contribution in [1.29, 1.82) is 0 Å². The number of benzene rings is 1. The maximum Gasteiger partial charge on any atom is 0.251 e. The fourth-order valence-electron chi connectivity index (χ4n) is 1.87.